The van der Waals surface area contributed by atoms with E-state index in [-0.39, 0.29) is 28.9 Å². The third-order valence-corrected chi connectivity index (χ3v) is 16.6. The molecule has 4 aromatic rings. The van der Waals surface area contributed by atoms with Crippen molar-refractivity contribution in [3.05, 3.63) is 137 Å². The molecule has 0 bridgehead atoms. The van der Waals surface area contributed by atoms with Crippen LogP contribution in [0, 0.1) is 31.6 Å². The standard InChI is InChI=1S/C46H51NO5Si/c1-30(24-33-25-31(2)43(48)32(3)26-33)22-23-40-41-34(27-38-42(39(41)29-51-40)45(50)47(44(38)49)35-16-10-7-11-17-35)28-52-53(46(4,5)6,36-18-12-8-13-19-36)37-20-14-9-15-21-37/h7-21,24-26,38-40,42,48H,22-23,27-29H2,1-6H3/b30-24+/t38-,39+,40-,42-/m1/s1. The van der Waals surface area contributed by atoms with Crippen molar-refractivity contribution in [3.63, 3.8) is 0 Å². The molecule has 0 unspecified atom stereocenters. The zero-order valence-corrected chi connectivity index (χ0v) is 32.8. The molecule has 2 saturated heterocycles. The smallest absolute Gasteiger partial charge is 0.261 e. The number of phenols is 1. The molecule has 1 N–H and O–H groups in total. The number of carbonyl (C=O) groups is 2. The van der Waals surface area contributed by atoms with E-state index in [0.717, 1.165) is 40.7 Å². The van der Waals surface area contributed by atoms with Gasteiger partial charge in [-0.2, -0.15) is 0 Å². The Labute approximate surface area is 315 Å². The highest BCUT2D eigenvalue weighted by Crippen LogP contribution is 2.51. The number of para-hydroxylation sites is 1. The minimum Gasteiger partial charge on any atom is -0.507 e. The summed E-state index contributed by atoms with van der Waals surface area (Å²) in [4.78, 5) is 29.9. The largest absolute Gasteiger partial charge is 0.507 e. The number of aryl methyl sites for hydroxylation is 2. The predicted octanol–water partition coefficient (Wildman–Crippen LogP) is 8.29. The number of allylic oxidation sites excluding steroid dienone is 1. The summed E-state index contributed by atoms with van der Waals surface area (Å²) >= 11 is 0. The summed E-state index contributed by atoms with van der Waals surface area (Å²) in [6, 6.07) is 34.6. The van der Waals surface area contributed by atoms with Crippen molar-refractivity contribution in [3.8, 4) is 5.75 Å². The number of fused-ring (bicyclic) bond motifs is 3. The Bertz CT molecular complexity index is 1990. The third-order valence-electron chi connectivity index (χ3n) is 11.6. The molecular formula is C46H51NO5Si. The van der Waals surface area contributed by atoms with Crippen molar-refractivity contribution in [1.82, 2.24) is 0 Å². The lowest BCUT2D eigenvalue weighted by Gasteiger charge is -2.44. The van der Waals surface area contributed by atoms with Gasteiger partial charge in [0.15, 0.2) is 0 Å². The number of anilines is 1. The lowest BCUT2D eigenvalue weighted by molar-refractivity contribution is -0.122. The number of ether oxygens (including phenoxy) is 1. The van der Waals surface area contributed by atoms with E-state index in [4.69, 9.17) is 9.16 Å². The van der Waals surface area contributed by atoms with E-state index >= 15 is 0 Å². The van der Waals surface area contributed by atoms with Crippen LogP contribution in [0.3, 0.4) is 0 Å². The van der Waals surface area contributed by atoms with Gasteiger partial charge in [-0.05, 0) is 108 Å². The van der Waals surface area contributed by atoms with Crippen molar-refractivity contribution in [2.24, 2.45) is 17.8 Å². The van der Waals surface area contributed by atoms with Crippen LogP contribution in [0.2, 0.25) is 5.04 Å². The highest BCUT2D eigenvalue weighted by molar-refractivity contribution is 6.99. The molecule has 7 rings (SSSR count). The summed E-state index contributed by atoms with van der Waals surface area (Å²) in [7, 11) is -2.89. The number of amides is 2. The van der Waals surface area contributed by atoms with Crippen LogP contribution < -0.4 is 15.3 Å². The fourth-order valence-electron chi connectivity index (χ4n) is 9.18. The Morgan fingerprint density at radius 1 is 0.868 bits per heavy atom. The molecule has 0 radical (unpaired) electrons. The Hall–Kier alpha value is -4.56. The zero-order chi connectivity index (χ0) is 37.5. The van der Waals surface area contributed by atoms with E-state index < -0.39 is 20.2 Å². The maximum absolute atomic E-state index is 14.2. The first kappa shape index (κ1) is 36.8. The maximum Gasteiger partial charge on any atom is 0.261 e. The Balaban J connectivity index is 1.26. The first-order valence-electron chi connectivity index (χ1n) is 18.9. The molecule has 4 aromatic carbocycles. The van der Waals surface area contributed by atoms with Crippen LogP contribution in [-0.2, 0) is 18.8 Å². The molecule has 7 heteroatoms. The molecule has 1 aliphatic carbocycles. The van der Waals surface area contributed by atoms with E-state index in [1.54, 1.807) is 0 Å². The number of nitrogens with zero attached hydrogens (tertiary/aromatic N) is 1. The summed E-state index contributed by atoms with van der Waals surface area (Å²) in [6.45, 7) is 13.6. The maximum atomic E-state index is 14.2. The van der Waals surface area contributed by atoms with Gasteiger partial charge in [0, 0.05) is 5.92 Å². The lowest BCUT2D eigenvalue weighted by Crippen LogP contribution is -2.66. The average Bonchev–Trinajstić information content (AvgIpc) is 3.68. The van der Waals surface area contributed by atoms with Crippen LogP contribution in [0.15, 0.2) is 120 Å². The van der Waals surface area contributed by atoms with Crippen molar-refractivity contribution in [1.29, 1.82) is 0 Å². The number of benzene rings is 4. The predicted molar refractivity (Wildman–Crippen MR) is 215 cm³/mol. The highest BCUT2D eigenvalue weighted by atomic mass is 28.4. The number of phenolic OH excluding ortho intramolecular Hbond substituents is 1. The summed E-state index contributed by atoms with van der Waals surface area (Å²) in [5.74, 6) is -1.02. The van der Waals surface area contributed by atoms with Gasteiger partial charge in [0.25, 0.3) is 8.32 Å². The molecule has 0 aromatic heterocycles. The number of carbonyl (C=O) groups excluding carboxylic acids is 2. The van der Waals surface area contributed by atoms with E-state index in [1.807, 2.05) is 56.3 Å². The summed E-state index contributed by atoms with van der Waals surface area (Å²) in [6.07, 6.45) is 4.04. The minimum absolute atomic E-state index is 0.126. The molecule has 2 fully saturated rings. The Morgan fingerprint density at radius 2 is 1.43 bits per heavy atom. The van der Waals surface area contributed by atoms with E-state index in [2.05, 4.69) is 94.4 Å². The molecule has 2 heterocycles. The molecule has 4 atom stereocenters. The number of hydrogen-bond acceptors (Lipinski definition) is 5. The Kier molecular flexibility index (Phi) is 10.2. The molecule has 6 nitrogen and oxygen atoms in total. The SMILES string of the molecule is C/C(=C\c1cc(C)c(O)c(C)c1)CC[C@H]1OC[C@H]2C1=C(CO[Si](c1ccccc1)(c1ccccc1)C(C)(C)C)C[C@H]1C(=O)N(c3ccccc3)C(=O)[C@H]12. The second-order valence-corrected chi connectivity index (χ2v) is 20.5. The quantitative estimate of drug-likeness (QED) is 0.101. The van der Waals surface area contributed by atoms with Crippen LogP contribution >= 0.6 is 0 Å². The third kappa shape index (κ3) is 6.75. The normalized spacial score (nSPS) is 22.0. The summed E-state index contributed by atoms with van der Waals surface area (Å²) < 4.78 is 14.1. The van der Waals surface area contributed by atoms with Crippen LogP contribution in [0.4, 0.5) is 5.69 Å². The highest BCUT2D eigenvalue weighted by Gasteiger charge is 2.58. The number of imide groups is 1. The molecule has 274 valence electrons. The van der Waals surface area contributed by atoms with Crippen molar-refractivity contribution >= 4 is 42.3 Å². The van der Waals surface area contributed by atoms with Gasteiger partial charge in [-0.1, -0.05) is 111 Å². The summed E-state index contributed by atoms with van der Waals surface area (Å²) in [5, 5.41) is 12.5. The van der Waals surface area contributed by atoms with Crippen LogP contribution in [0.25, 0.3) is 6.08 Å². The van der Waals surface area contributed by atoms with Gasteiger partial charge in [-0.25, -0.2) is 0 Å². The fourth-order valence-corrected chi connectivity index (χ4v) is 13.7. The Morgan fingerprint density at radius 3 is 2.00 bits per heavy atom. The molecule has 2 amide bonds. The van der Waals surface area contributed by atoms with Gasteiger partial charge in [0.2, 0.25) is 11.8 Å². The second kappa shape index (κ2) is 14.7. The topological polar surface area (TPSA) is 76.1 Å². The van der Waals surface area contributed by atoms with Gasteiger partial charge < -0.3 is 14.3 Å². The number of aromatic hydroxyl groups is 1. The van der Waals surface area contributed by atoms with E-state index in [9.17, 15) is 14.7 Å². The van der Waals surface area contributed by atoms with Crippen LogP contribution in [0.5, 0.6) is 5.75 Å². The van der Waals surface area contributed by atoms with Crippen LogP contribution in [-0.4, -0.2) is 44.6 Å². The second-order valence-electron chi connectivity index (χ2n) is 16.2. The van der Waals surface area contributed by atoms with E-state index in [1.165, 1.54) is 20.8 Å². The number of rotatable bonds is 10. The summed E-state index contributed by atoms with van der Waals surface area (Å²) in [5.41, 5.74) is 6.88. The van der Waals surface area contributed by atoms with Gasteiger partial charge >= 0.3 is 0 Å². The van der Waals surface area contributed by atoms with E-state index in [0.29, 0.717) is 31.1 Å². The number of hydrogen-bond donors (Lipinski definition) is 1. The van der Waals surface area contributed by atoms with Crippen LogP contribution in [0.1, 0.15) is 63.6 Å². The average molecular weight is 726 g/mol. The molecule has 53 heavy (non-hydrogen) atoms. The van der Waals surface area contributed by atoms with Crippen molar-refractivity contribution < 1.29 is 23.9 Å². The van der Waals surface area contributed by atoms with Crippen molar-refractivity contribution in [2.45, 2.75) is 71.9 Å². The molecule has 0 spiro atoms. The minimum atomic E-state index is -2.89. The zero-order valence-electron chi connectivity index (χ0n) is 31.8. The molecule has 2 aliphatic heterocycles. The first-order valence-corrected chi connectivity index (χ1v) is 20.8. The monoisotopic (exact) mass is 725 g/mol. The fraction of sp³-hybridized carbons (Fsp3) is 0.348. The van der Waals surface area contributed by atoms with Gasteiger partial charge in [0.05, 0.1) is 36.8 Å². The molecular weight excluding hydrogens is 675 g/mol. The molecule has 0 saturated carbocycles. The lowest BCUT2D eigenvalue weighted by atomic mass is 9.69. The van der Waals surface area contributed by atoms with Crippen molar-refractivity contribution in [2.75, 3.05) is 18.1 Å². The van der Waals surface area contributed by atoms with Gasteiger partial charge in [-0.3, -0.25) is 14.5 Å². The molecule has 3 aliphatic rings. The first-order chi connectivity index (χ1) is 25.4. The van der Waals surface area contributed by atoms with Gasteiger partial charge in [-0.15, -0.1) is 0 Å². The van der Waals surface area contributed by atoms with Gasteiger partial charge in [0.1, 0.15) is 5.75 Å².